The topological polar surface area (TPSA) is 129 Å². The van der Waals surface area contributed by atoms with Crippen molar-refractivity contribution in [2.75, 3.05) is 0 Å². The minimum absolute atomic E-state index is 0.0465. The van der Waals surface area contributed by atoms with Crippen molar-refractivity contribution in [2.24, 2.45) is 0 Å². The fourth-order valence-electron chi connectivity index (χ4n) is 3.19. The Bertz CT molecular complexity index is 1350. The molecule has 4 N–H and O–H groups in total. The molecule has 146 valence electrons. The minimum atomic E-state index is -0.593. The third-order valence-corrected chi connectivity index (χ3v) is 4.62. The molecule has 2 heterocycles. The molecule has 29 heavy (non-hydrogen) atoms. The maximum absolute atomic E-state index is 12.3. The quantitative estimate of drug-likeness (QED) is 0.387. The molecule has 2 amide bonds. The van der Waals surface area contributed by atoms with Crippen molar-refractivity contribution < 1.29 is 9.59 Å². The number of amides is 2. The summed E-state index contributed by atoms with van der Waals surface area (Å²) in [6.45, 7) is 0.0465. The lowest BCUT2D eigenvalue weighted by molar-refractivity contribution is -0.122. The van der Waals surface area contributed by atoms with Crippen LogP contribution < -0.4 is 22.1 Å². The Hall–Kier alpha value is -4.14. The second-order valence-corrected chi connectivity index (χ2v) is 6.43. The molecule has 0 aliphatic heterocycles. The number of benzene rings is 2. The number of fused-ring (bicyclic) bond motifs is 2. The lowest BCUT2D eigenvalue weighted by Crippen LogP contribution is -2.42. The van der Waals surface area contributed by atoms with Crippen LogP contribution in [0.3, 0.4) is 0 Å². The number of carbonyl (C=O) groups excluding carboxylic acids is 2. The molecule has 0 aliphatic rings. The van der Waals surface area contributed by atoms with Crippen molar-refractivity contribution in [3.63, 3.8) is 0 Å². The zero-order valence-corrected chi connectivity index (χ0v) is 15.2. The third kappa shape index (κ3) is 3.53. The van der Waals surface area contributed by atoms with Gasteiger partial charge in [0.1, 0.15) is 0 Å². The molecule has 4 aromatic rings. The summed E-state index contributed by atoms with van der Waals surface area (Å²) in [6, 6.07) is 14.0. The van der Waals surface area contributed by atoms with Gasteiger partial charge in [0.05, 0.1) is 16.5 Å². The van der Waals surface area contributed by atoms with E-state index in [0.717, 1.165) is 10.9 Å². The van der Waals surface area contributed by atoms with Crippen LogP contribution in [0.2, 0.25) is 0 Å². The largest absolute Gasteiger partial charge is 0.360 e. The van der Waals surface area contributed by atoms with Crippen molar-refractivity contribution in [1.82, 2.24) is 25.4 Å². The van der Waals surface area contributed by atoms with Crippen LogP contribution in [0.5, 0.6) is 0 Å². The number of aromatic amines is 2. The molecule has 0 fully saturated rings. The summed E-state index contributed by atoms with van der Waals surface area (Å²) in [6.07, 6.45) is 1.50. The predicted molar refractivity (Wildman–Crippen MR) is 107 cm³/mol. The molecule has 0 atom stereocenters. The van der Waals surface area contributed by atoms with Gasteiger partial charge in [-0.2, -0.15) is 0 Å². The lowest BCUT2D eigenvalue weighted by atomic mass is 10.2. The molecule has 0 bridgehead atoms. The molecule has 9 nitrogen and oxygen atoms in total. The molecule has 2 aromatic heterocycles. The second-order valence-electron chi connectivity index (χ2n) is 6.43. The van der Waals surface area contributed by atoms with Crippen LogP contribution >= 0.6 is 0 Å². The summed E-state index contributed by atoms with van der Waals surface area (Å²) in [5.74, 6) is -0.928. The number of nitrogens with zero attached hydrogens (tertiary/aromatic N) is 1. The molecule has 0 unspecified atom stereocenters. The fourth-order valence-corrected chi connectivity index (χ4v) is 3.19. The first kappa shape index (κ1) is 18.2. The number of hydrogen-bond acceptors (Lipinski definition) is 4. The highest BCUT2D eigenvalue weighted by Gasteiger charge is 2.13. The Labute approximate surface area is 163 Å². The zero-order valence-electron chi connectivity index (χ0n) is 15.2. The predicted octanol–water partition coefficient (Wildman–Crippen LogP) is 1.02. The first-order valence-corrected chi connectivity index (χ1v) is 8.92. The van der Waals surface area contributed by atoms with E-state index < -0.39 is 23.1 Å². The smallest absolute Gasteiger partial charge is 0.328 e. The average molecular weight is 391 g/mol. The van der Waals surface area contributed by atoms with Crippen molar-refractivity contribution in [3.05, 3.63) is 81.1 Å². The maximum atomic E-state index is 12.3. The number of rotatable bonds is 4. The summed E-state index contributed by atoms with van der Waals surface area (Å²) in [7, 11) is 0. The summed E-state index contributed by atoms with van der Waals surface area (Å²) in [5, 5.41) is 1.10. The van der Waals surface area contributed by atoms with Gasteiger partial charge in [-0.3, -0.25) is 34.8 Å². The van der Waals surface area contributed by atoms with Gasteiger partial charge in [-0.25, -0.2) is 4.79 Å². The molecular formula is C20H17N5O4. The van der Waals surface area contributed by atoms with Crippen molar-refractivity contribution in [3.8, 4) is 0 Å². The van der Waals surface area contributed by atoms with E-state index in [4.69, 9.17) is 0 Å². The summed E-state index contributed by atoms with van der Waals surface area (Å²) >= 11 is 0. The minimum Gasteiger partial charge on any atom is -0.360 e. The molecule has 0 aliphatic carbocycles. The van der Waals surface area contributed by atoms with Crippen molar-refractivity contribution in [1.29, 1.82) is 0 Å². The Morgan fingerprint density at radius 3 is 2.48 bits per heavy atom. The van der Waals surface area contributed by atoms with E-state index in [1.165, 1.54) is 4.57 Å². The second kappa shape index (κ2) is 7.47. The molecule has 0 spiro atoms. The van der Waals surface area contributed by atoms with Gasteiger partial charge in [-0.05, 0) is 18.2 Å². The number of hydrogen-bond donors (Lipinski definition) is 4. The average Bonchev–Trinajstić information content (AvgIpc) is 3.16. The van der Waals surface area contributed by atoms with E-state index in [-0.39, 0.29) is 13.0 Å². The number of hydrazine groups is 1. The van der Waals surface area contributed by atoms with E-state index in [9.17, 15) is 19.2 Å². The normalized spacial score (nSPS) is 10.9. The number of aryl methyl sites for hydroxylation is 1. The lowest BCUT2D eigenvalue weighted by Gasteiger charge is -2.10. The molecule has 0 saturated carbocycles. The van der Waals surface area contributed by atoms with Crippen LogP contribution in [0.25, 0.3) is 21.8 Å². The maximum Gasteiger partial charge on any atom is 0.328 e. The van der Waals surface area contributed by atoms with Crippen molar-refractivity contribution in [2.45, 2.75) is 13.0 Å². The van der Waals surface area contributed by atoms with Gasteiger partial charge in [0.2, 0.25) is 5.91 Å². The van der Waals surface area contributed by atoms with Gasteiger partial charge in [0.15, 0.2) is 0 Å². The van der Waals surface area contributed by atoms with Crippen molar-refractivity contribution >= 4 is 33.6 Å². The Morgan fingerprint density at radius 1 is 0.931 bits per heavy atom. The number of nitrogens with one attached hydrogen (secondary N) is 4. The van der Waals surface area contributed by atoms with Gasteiger partial charge in [-0.15, -0.1) is 0 Å². The number of carbonyl (C=O) groups is 2. The number of aromatic nitrogens is 3. The number of H-pyrrole nitrogens is 2. The van der Waals surface area contributed by atoms with Gasteiger partial charge >= 0.3 is 5.69 Å². The molecule has 2 aromatic carbocycles. The van der Waals surface area contributed by atoms with E-state index in [1.54, 1.807) is 36.5 Å². The molecular weight excluding hydrogens is 374 g/mol. The standard InChI is InChI=1S/C20H17N5O4/c26-17(23-24-19(28)14-11-21-15-7-3-1-5-12(14)15)9-10-25-16-8-4-2-6-13(16)18(27)22-20(25)29/h1-8,11,21H,9-10H2,(H,23,26)(H,24,28)(H,22,27,29). The van der Waals surface area contributed by atoms with Crippen LogP contribution in [0.15, 0.2) is 64.3 Å². The van der Waals surface area contributed by atoms with Crippen LogP contribution in [-0.4, -0.2) is 26.3 Å². The summed E-state index contributed by atoms with van der Waals surface area (Å²) < 4.78 is 1.32. The molecule has 4 rings (SSSR count). The van der Waals surface area contributed by atoms with E-state index >= 15 is 0 Å². The monoisotopic (exact) mass is 391 g/mol. The van der Waals surface area contributed by atoms with Gasteiger partial charge < -0.3 is 4.98 Å². The Balaban J connectivity index is 1.42. The van der Waals surface area contributed by atoms with E-state index in [2.05, 4.69) is 20.8 Å². The van der Waals surface area contributed by atoms with Crippen LogP contribution in [0.1, 0.15) is 16.8 Å². The third-order valence-electron chi connectivity index (χ3n) is 4.62. The molecule has 0 saturated heterocycles. The van der Waals surface area contributed by atoms with E-state index in [1.807, 2.05) is 18.2 Å². The van der Waals surface area contributed by atoms with Gasteiger partial charge in [0, 0.05) is 30.1 Å². The molecule has 0 radical (unpaired) electrons. The van der Waals surface area contributed by atoms with Crippen LogP contribution in [-0.2, 0) is 11.3 Å². The highest BCUT2D eigenvalue weighted by atomic mass is 16.2. The first-order valence-electron chi connectivity index (χ1n) is 8.92. The highest BCUT2D eigenvalue weighted by Crippen LogP contribution is 2.17. The van der Waals surface area contributed by atoms with Crippen LogP contribution in [0.4, 0.5) is 0 Å². The zero-order chi connectivity index (χ0) is 20.4. The summed E-state index contributed by atoms with van der Waals surface area (Å²) in [4.78, 5) is 53.7. The molecule has 9 heteroatoms. The highest BCUT2D eigenvalue weighted by molar-refractivity contribution is 6.07. The SMILES string of the molecule is O=C(CCn1c(=O)[nH]c(=O)c2ccccc21)NNC(=O)c1c[nH]c2ccccc12. The van der Waals surface area contributed by atoms with Crippen LogP contribution in [0, 0.1) is 0 Å². The summed E-state index contributed by atoms with van der Waals surface area (Å²) in [5.41, 5.74) is 5.31. The van der Waals surface area contributed by atoms with Gasteiger partial charge in [0.25, 0.3) is 11.5 Å². The number of para-hydroxylation sites is 2. The Kier molecular flexibility index (Phi) is 4.70. The Morgan fingerprint density at radius 2 is 1.66 bits per heavy atom. The van der Waals surface area contributed by atoms with Gasteiger partial charge in [-0.1, -0.05) is 30.3 Å². The first-order chi connectivity index (χ1) is 14.0. The van der Waals surface area contributed by atoms with E-state index in [0.29, 0.717) is 16.5 Å². The fraction of sp³-hybridized carbons (Fsp3) is 0.100.